The standard InChI is InChI=1S/C15H26N2O/c1-12-8-9-14(18-12)11-17(3)10-13-6-4-5-7-15(13)16-2/h8-9,13,15-16H,4-7,10-11H2,1-3H3. The first-order valence-corrected chi connectivity index (χ1v) is 7.10. The maximum atomic E-state index is 5.64. The van der Waals surface area contributed by atoms with Gasteiger partial charge < -0.3 is 9.73 Å². The molecule has 1 aromatic rings. The average Bonchev–Trinajstić information content (AvgIpc) is 2.75. The van der Waals surface area contributed by atoms with Gasteiger partial charge in [0.05, 0.1) is 6.54 Å². The van der Waals surface area contributed by atoms with E-state index < -0.39 is 0 Å². The Kier molecular flexibility index (Phi) is 4.84. The van der Waals surface area contributed by atoms with Gasteiger partial charge in [0.25, 0.3) is 0 Å². The lowest BCUT2D eigenvalue weighted by molar-refractivity contribution is 0.182. The molecular formula is C15H26N2O. The van der Waals surface area contributed by atoms with Crippen molar-refractivity contribution in [2.45, 2.75) is 45.2 Å². The fourth-order valence-electron chi connectivity index (χ4n) is 3.11. The number of rotatable bonds is 5. The molecule has 1 heterocycles. The first-order valence-electron chi connectivity index (χ1n) is 7.10. The molecule has 3 nitrogen and oxygen atoms in total. The van der Waals surface area contributed by atoms with Crippen LogP contribution in [0.25, 0.3) is 0 Å². The second kappa shape index (κ2) is 6.39. The zero-order valence-electron chi connectivity index (χ0n) is 11.9. The lowest BCUT2D eigenvalue weighted by Gasteiger charge is -2.34. The van der Waals surface area contributed by atoms with Gasteiger partial charge in [-0.1, -0.05) is 12.8 Å². The Morgan fingerprint density at radius 3 is 2.78 bits per heavy atom. The Morgan fingerprint density at radius 1 is 1.33 bits per heavy atom. The number of furan rings is 1. The van der Waals surface area contributed by atoms with Crippen molar-refractivity contribution in [1.29, 1.82) is 0 Å². The highest BCUT2D eigenvalue weighted by molar-refractivity contribution is 5.05. The third kappa shape index (κ3) is 3.59. The Hall–Kier alpha value is -0.800. The van der Waals surface area contributed by atoms with Gasteiger partial charge in [-0.15, -0.1) is 0 Å². The number of aryl methyl sites for hydroxylation is 1. The van der Waals surface area contributed by atoms with Crippen molar-refractivity contribution < 1.29 is 4.42 Å². The molecule has 0 radical (unpaired) electrons. The molecular weight excluding hydrogens is 224 g/mol. The Bertz CT molecular complexity index is 361. The average molecular weight is 250 g/mol. The fraction of sp³-hybridized carbons (Fsp3) is 0.733. The van der Waals surface area contributed by atoms with Crippen LogP contribution in [0.1, 0.15) is 37.2 Å². The monoisotopic (exact) mass is 250 g/mol. The second-order valence-corrected chi connectivity index (χ2v) is 5.65. The van der Waals surface area contributed by atoms with Gasteiger partial charge >= 0.3 is 0 Å². The quantitative estimate of drug-likeness (QED) is 0.871. The van der Waals surface area contributed by atoms with Gasteiger partial charge in [0.2, 0.25) is 0 Å². The molecule has 2 unspecified atom stereocenters. The molecule has 1 aliphatic carbocycles. The van der Waals surface area contributed by atoms with E-state index in [0.717, 1.165) is 30.5 Å². The Labute approximate surface area is 111 Å². The van der Waals surface area contributed by atoms with E-state index in [1.807, 2.05) is 13.0 Å². The topological polar surface area (TPSA) is 28.4 Å². The van der Waals surface area contributed by atoms with E-state index in [4.69, 9.17) is 4.42 Å². The molecule has 0 bridgehead atoms. The smallest absolute Gasteiger partial charge is 0.118 e. The van der Waals surface area contributed by atoms with Gasteiger partial charge in [0, 0.05) is 12.6 Å². The van der Waals surface area contributed by atoms with Crippen LogP contribution in [0.4, 0.5) is 0 Å². The minimum Gasteiger partial charge on any atom is -0.465 e. The molecule has 102 valence electrons. The summed E-state index contributed by atoms with van der Waals surface area (Å²) in [6.07, 6.45) is 5.45. The summed E-state index contributed by atoms with van der Waals surface area (Å²) in [4.78, 5) is 2.39. The minimum absolute atomic E-state index is 0.694. The van der Waals surface area contributed by atoms with E-state index in [1.54, 1.807) is 0 Å². The summed E-state index contributed by atoms with van der Waals surface area (Å²) < 4.78 is 5.64. The number of hydrogen-bond acceptors (Lipinski definition) is 3. The highest BCUT2D eigenvalue weighted by Gasteiger charge is 2.24. The highest BCUT2D eigenvalue weighted by atomic mass is 16.3. The molecule has 2 rings (SSSR count). The largest absolute Gasteiger partial charge is 0.465 e. The molecule has 18 heavy (non-hydrogen) atoms. The van der Waals surface area contributed by atoms with E-state index in [2.05, 4.69) is 30.4 Å². The number of nitrogens with zero attached hydrogens (tertiary/aromatic N) is 1. The number of hydrogen-bond donors (Lipinski definition) is 1. The van der Waals surface area contributed by atoms with E-state index in [0.29, 0.717) is 6.04 Å². The Morgan fingerprint density at radius 2 is 2.11 bits per heavy atom. The molecule has 1 saturated carbocycles. The predicted molar refractivity (Wildman–Crippen MR) is 74.6 cm³/mol. The van der Waals surface area contributed by atoms with Crippen LogP contribution in [-0.4, -0.2) is 31.6 Å². The third-order valence-corrected chi connectivity index (χ3v) is 4.05. The second-order valence-electron chi connectivity index (χ2n) is 5.65. The highest BCUT2D eigenvalue weighted by Crippen LogP contribution is 2.25. The van der Waals surface area contributed by atoms with Crippen molar-refractivity contribution in [2.75, 3.05) is 20.6 Å². The van der Waals surface area contributed by atoms with Gasteiger partial charge in [-0.05, 0) is 51.9 Å². The van der Waals surface area contributed by atoms with E-state index in [1.165, 1.54) is 25.7 Å². The first kappa shape index (κ1) is 13.6. The fourth-order valence-corrected chi connectivity index (χ4v) is 3.11. The molecule has 0 saturated heterocycles. The molecule has 0 spiro atoms. The van der Waals surface area contributed by atoms with E-state index in [9.17, 15) is 0 Å². The van der Waals surface area contributed by atoms with E-state index >= 15 is 0 Å². The predicted octanol–water partition coefficient (Wildman–Crippen LogP) is 2.80. The van der Waals surface area contributed by atoms with Gasteiger partial charge in [0.1, 0.15) is 11.5 Å². The van der Waals surface area contributed by atoms with Crippen LogP contribution < -0.4 is 5.32 Å². The summed E-state index contributed by atoms with van der Waals surface area (Å²) in [5, 5.41) is 3.48. The van der Waals surface area contributed by atoms with Crippen LogP contribution in [0.5, 0.6) is 0 Å². The van der Waals surface area contributed by atoms with Crippen molar-refractivity contribution in [1.82, 2.24) is 10.2 Å². The molecule has 1 aromatic heterocycles. The van der Waals surface area contributed by atoms with Gasteiger partial charge in [-0.25, -0.2) is 0 Å². The molecule has 2 atom stereocenters. The zero-order valence-corrected chi connectivity index (χ0v) is 11.9. The van der Waals surface area contributed by atoms with Gasteiger partial charge in [-0.2, -0.15) is 0 Å². The van der Waals surface area contributed by atoms with Gasteiger partial charge in [0.15, 0.2) is 0 Å². The minimum atomic E-state index is 0.694. The summed E-state index contributed by atoms with van der Waals surface area (Å²) in [5.41, 5.74) is 0. The van der Waals surface area contributed by atoms with Crippen molar-refractivity contribution in [2.24, 2.45) is 5.92 Å². The van der Waals surface area contributed by atoms with Crippen molar-refractivity contribution in [3.8, 4) is 0 Å². The zero-order chi connectivity index (χ0) is 13.0. The normalized spacial score (nSPS) is 24.7. The van der Waals surface area contributed by atoms with Crippen LogP contribution in [0, 0.1) is 12.8 Å². The molecule has 0 amide bonds. The maximum Gasteiger partial charge on any atom is 0.118 e. The molecule has 1 N–H and O–H groups in total. The van der Waals surface area contributed by atoms with Crippen LogP contribution in [0.2, 0.25) is 0 Å². The van der Waals surface area contributed by atoms with Crippen LogP contribution >= 0.6 is 0 Å². The summed E-state index contributed by atoms with van der Waals surface area (Å²) in [5.74, 6) is 2.86. The van der Waals surface area contributed by atoms with Crippen molar-refractivity contribution in [3.63, 3.8) is 0 Å². The van der Waals surface area contributed by atoms with Crippen molar-refractivity contribution >= 4 is 0 Å². The van der Waals surface area contributed by atoms with Gasteiger partial charge in [-0.3, -0.25) is 4.90 Å². The molecule has 3 heteroatoms. The SMILES string of the molecule is CNC1CCCCC1CN(C)Cc1ccc(C)o1. The Balaban J connectivity index is 1.84. The van der Waals surface area contributed by atoms with Crippen LogP contribution in [0.15, 0.2) is 16.5 Å². The summed E-state index contributed by atoms with van der Waals surface area (Å²) in [7, 11) is 4.29. The molecule has 0 aromatic carbocycles. The van der Waals surface area contributed by atoms with E-state index in [-0.39, 0.29) is 0 Å². The first-order chi connectivity index (χ1) is 8.69. The van der Waals surface area contributed by atoms with Crippen LogP contribution in [-0.2, 0) is 6.54 Å². The number of nitrogens with one attached hydrogen (secondary N) is 1. The lowest BCUT2D eigenvalue weighted by Crippen LogP contribution is -2.41. The summed E-state index contributed by atoms with van der Waals surface area (Å²) >= 11 is 0. The lowest BCUT2D eigenvalue weighted by atomic mass is 9.84. The van der Waals surface area contributed by atoms with Crippen LogP contribution in [0.3, 0.4) is 0 Å². The molecule has 1 fully saturated rings. The maximum absolute atomic E-state index is 5.64. The summed E-state index contributed by atoms with van der Waals surface area (Å²) in [6.45, 7) is 4.08. The molecule has 0 aliphatic heterocycles. The summed E-state index contributed by atoms with van der Waals surface area (Å²) in [6, 6.07) is 4.82. The van der Waals surface area contributed by atoms with Crippen molar-refractivity contribution in [3.05, 3.63) is 23.7 Å². The third-order valence-electron chi connectivity index (χ3n) is 4.05. The molecule has 1 aliphatic rings.